The molecule has 1 fully saturated rings. The Morgan fingerprint density at radius 2 is 1.96 bits per heavy atom. The molecule has 0 saturated heterocycles. The molecule has 1 aliphatic carbocycles. The summed E-state index contributed by atoms with van der Waals surface area (Å²) in [6, 6.07) is 4.75. The van der Waals surface area contributed by atoms with Gasteiger partial charge < -0.3 is 10.1 Å². The van der Waals surface area contributed by atoms with E-state index in [9.17, 15) is 17.6 Å². The molecule has 1 heterocycles. The van der Waals surface area contributed by atoms with Crippen LogP contribution in [-0.4, -0.2) is 22.5 Å². The van der Waals surface area contributed by atoms with Gasteiger partial charge >= 0.3 is 0 Å². The fourth-order valence-corrected chi connectivity index (χ4v) is 4.07. The monoisotopic (exact) mass is 417 g/mol. The molecule has 4 nitrogen and oxygen atoms in total. The van der Waals surface area contributed by atoms with Crippen molar-refractivity contribution in [3.63, 3.8) is 0 Å². The number of hydrogen-bond acceptors (Lipinski definition) is 3. The molecule has 1 aromatic carbocycles. The van der Waals surface area contributed by atoms with Gasteiger partial charge in [-0.1, -0.05) is 22.1 Å². The van der Waals surface area contributed by atoms with Crippen molar-refractivity contribution in [1.82, 2.24) is 15.1 Å². The van der Waals surface area contributed by atoms with Crippen molar-refractivity contribution >= 4 is 9.24 Å². The summed E-state index contributed by atoms with van der Waals surface area (Å²) in [5, 5.41) is 7.35. The molecular formula is C19H24F4N3OP. The topological polar surface area (TPSA) is 39.1 Å². The first kappa shape index (κ1) is 21.1. The maximum atomic E-state index is 14.4. The van der Waals surface area contributed by atoms with Crippen LogP contribution in [0.2, 0.25) is 0 Å². The zero-order valence-corrected chi connectivity index (χ0v) is 16.8. The minimum absolute atomic E-state index is 0.00577. The first-order chi connectivity index (χ1) is 13.2. The zero-order chi connectivity index (χ0) is 20.4. The molecule has 0 spiro atoms. The summed E-state index contributed by atoms with van der Waals surface area (Å²) >= 11 is 0. The van der Waals surface area contributed by atoms with E-state index >= 15 is 0 Å². The zero-order valence-electron chi connectivity index (χ0n) is 15.7. The summed E-state index contributed by atoms with van der Waals surface area (Å²) in [7, 11) is 3.42. The SMILES string of the molecule is CNCc1cc(OCc2cc(F)ccc2F)n(CC2(C(F)(F)P)CCCC2)n1. The second-order valence-electron chi connectivity index (χ2n) is 7.30. The van der Waals surface area contributed by atoms with Crippen LogP contribution in [0.4, 0.5) is 17.6 Å². The molecular weight excluding hydrogens is 393 g/mol. The number of halogens is 4. The summed E-state index contributed by atoms with van der Waals surface area (Å²) in [5.74, 6) is -0.905. The Bertz CT molecular complexity index is 816. The van der Waals surface area contributed by atoms with E-state index in [1.165, 1.54) is 4.68 Å². The van der Waals surface area contributed by atoms with Gasteiger partial charge in [-0.3, -0.25) is 0 Å². The average Bonchev–Trinajstić information content (AvgIpc) is 3.24. The van der Waals surface area contributed by atoms with Gasteiger partial charge in [0.15, 0.2) is 0 Å². The summed E-state index contributed by atoms with van der Waals surface area (Å²) in [6.07, 6.45) is 2.25. The van der Waals surface area contributed by atoms with Gasteiger partial charge in [0.25, 0.3) is 5.66 Å². The number of hydrogen-bond donors (Lipinski definition) is 1. The van der Waals surface area contributed by atoms with Crippen molar-refractivity contribution < 1.29 is 22.3 Å². The fraction of sp³-hybridized carbons (Fsp3) is 0.526. The number of nitrogens with one attached hydrogen (secondary N) is 1. The van der Waals surface area contributed by atoms with Crippen LogP contribution >= 0.6 is 9.24 Å². The molecule has 2 aromatic rings. The van der Waals surface area contributed by atoms with Crippen LogP contribution in [0.3, 0.4) is 0 Å². The van der Waals surface area contributed by atoms with Gasteiger partial charge in [-0.05, 0) is 38.1 Å². The Balaban J connectivity index is 1.85. The molecule has 9 heteroatoms. The number of ether oxygens (including phenoxy) is 1. The van der Waals surface area contributed by atoms with Crippen molar-refractivity contribution in [2.75, 3.05) is 7.05 Å². The fourth-order valence-electron chi connectivity index (χ4n) is 3.69. The van der Waals surface area contributed by atoms with E-state index in [1.807, 2.05) is 0 Å². The molecule has 1 saturated carbocycles. The molecule has 0 bridgehead atoms. The molecule has 1 N–H and O–H groups in total. The van der Waals surface area contributed by atoms with E-state index in [-0.39, 0.29) is 24.6 Å². The highest BCUT2D eigenvalue weighted by Gasteiger charge is 2.52. The lowest BCUT2D eigenvalue weighted by molar-refractivity contribution is -0.0513. The summed E-state index contributed by atoms with van der Waals surface area (Å²) < 4.78 is 63.1. The molecule has 1 aliphatic rings. The van der Waals surface area contributed by atoms with E-state index in [0.717, 1.165) is 31.0 Å². The van der Waals surface area contributed by atoms with E-state index in [1.54, 1.807) is 22.4 Å². The first-order valence-corrected chi connectivity index (χ1v) is 9.76. The maximum Gasteiger partial charge on any atom is 0.266 e. The first-order valence-electron chi connectivity index (χ1n) is 9.19. The molecule has 3 rings (SSSR count). The van der Waals surface area contributed by atoms with Crippen LogP contribution < -0.4 is 10.1 Å². The Labute approximate surface area is 163 Å². The highest BCUT2D eigenvalue weighted by atomic mass is 31.0. The summed E-state index contributed by atoms with van der Waals surface area (Å²) in [6.45, 7) is 0.203. The third-order valence-electron chi connectivity index (χ3n) is 5.26. The van der Waals surface area contributed by atoms with Crippen molar-refractivity contribution in [3.05, 3.63) is 47.2 Å². The standard InChI is InChI=1S/C19H24F4N3OP/c1-24-10-15-9-17(27-11-13-8-14(20)4-5-16(13)21)26(25-15)12-18(19(22,23)28)6-2-3-7-18/h4-5,8-9,24H,2-3,6-7,10-12,28H2,1H3. The minimum atomic E-state index is -2.94. The highest BCUT2D eigenvalue weighted by Crippen LogP contribution is 2.54. The Morgan fingerprint density at radius 3 is 2.61 bits per heavy atom. The lowest BCUT2D eigenvalue weighted by Gasteiger charge is -2.35. The molecule has 0 aliphatic heterocycles. The van der Waals surface area contributed by atoms with Gasteiger partial charge in [-0.25, -0.2) is 22.2 Å². The Morgan fingerprint density at radius 1 is 1.25 bits per heavy atom. The molecule has 1 unspecified atom stereocenters. The normalized spacial score (nSPS) is 16.5. The Kier molecular flexibility index (Phi) is 6.30. The predicted molar refractivity (Wildman–Crippen MR) is 101 cm³/mol. The molecule has 1 aromatic heterocycles. The van der Waals surface area contributed by atoms with Crippen molar-refractivity contribution in [2.24, 2.45) is 5.41 Å². The second kappa shape index (κ2) is 8.37. The van der Waals surface area contributed by atoms with Gasteiger partial charge in [-0.15, -0.1) is 0 Å². The number of rotatable bonds is 8. The number of nitrogens with zero attached hydrogens (tertiary/aromatic N) is 2. The van der Waals surface area contributed by atoms with Crippen LogP contribution in [0, 0.1) is 17.0 Å². The maximum absolute atomic E-state index is 14.4. The predicted octanol–water partition coefficient (Wildman–Crippen LogP) is 4.49. The second-order valence-corrected chi connectivity index (χ2v) is 8.02. The van der Waals surface area contributed by atoms with Crippen LogP contribution in [0.5, 0.6) is 5.88 Å². The number of alkyl halides is 2. The molecule has 154 valence electrons. The van der Waals surface area contributed by atoms with Gasteiger partial charge in [-0.2, -0.15) is 5.10 Å². The quantitative estimate of drug-likeness (QED) is 0.508. The van der Waals surface area contributed by atoms with Crippen LogP contribution in [0.25, 0.3) is 0 Å². The van der Waals surface area contributed by atoms with E-state index in [2.05, 4.69) is 10.4 Å². The summed E-state index contributed by atoms with van der Waals surface area (Å²) in [4.78, 5) is 0. The highest BCUT2D eigenvalue weighted by molar-refractivity contribution is 7.18. The van der Waals surface area contributed by atoms with Crippen LogP contribution in [-0.2, 0) is 19.7 Å². The lowest BCUT2D eigenvalue weighted by atomic mass is 9.86. The van der Waals surface area contributed by atoms with Gasteiger partial charge in [0, 0.05) is 18.2 Å². The number of aromatic nitrogens is 2. The van der Waals surface area contributed by atoms with Gasteiger partial charge in [0.2, 0.25) is 5.88 Å². The minimum Gasteiger partial charge on any atom is -0.473 e. The third-order valence-corrected chi connectivity index (χ3v) is 5.87. The molecule has 28 heavy (non-hydrogen) atoms. The van der Waals surface area contributed by atoms with Gasteiger partial charge in [0.1, 0.15) is 18.2 Å². The number of benzene rings is 1. The van der Waals surface area contributed by atoms with Gasteiger partial charge in [0.05, 0.1) is 17.7 Å². The Hall–Kier alpha value is -1.66. The van der Waals surface area contributed by atoms with E-state index in [4.69, 9.17) is 4.74 Å². The van der Waals surface area contributed by atoms with Crippen molar-refractivity contribution in [2.45, 2.75) is 51.0 Å². The summed E-state index contributed by atoms with van der Waals surface area (Å²) in [5.41, 5.74) is -3.49. The van der Waals surface area contributed by atoms with Crippen LogP contribution in [0.15, 0.2) is 24.3 Å². The molecule has 0 amide bonds. The van der Waals surface area contributed by atoms with E-state index in [0.29, 0.717) is 25.1 Å². The van der Waals surface area contributed by atoms with Crippen molar-refractivity contribution in [1.29, 1.82) is 0 Å². The largest absolute Gasteiger partial charge is 0.473 e. The lowest BCUT2D eigenvalue weighted by Crippen LogP contribution is -2.38. The smallest absolute Gasteiger partial charge is 0.266 e. The van der Waals surface area contributed by atoms with E-state index < -0.39 is 22.7 Å². The average molecular weight is 417 g/mol. The van der Waals surface area contributed by atoms with Crippen LogP contribution in [0.1, 0.15) is 36.9 Å². The molecule has 0 radical (unpaired) electrons. The van der Waals surface area contributed by atoms with Crippen molar-refractivity contribution in [3.8, 4) is 5.88 Å². The third kappa shape index (κ3) is 4.49. The molecule has 1 atom stereocenters.